The molecule has 0 aliphatic heterocycles. The molecule has 1 fully saturated rings. The number of nitrogens with one attached hydrogen (secondary N) is 1. The summed E-state index contributed by atoms with van der Waals surface area (Å²) < 4.78 is 0. The molecule has 1 nitrogen and oxygen atoms in total. The van der Waals surface area contributed by atoms with E-state index in [0.717, 1.165) is 18.4 Å². The highest BCUT2D eigenvalue weighted by Gasteiger charge is 2.40. The summed E-state index contributed by atoms with van der Waals surface area (Å²) in [5.41, 5.74) is 4.33. The second kappa shape index (κ2) is 5.22. The summed E-state index contributed by atoms with van der Waals surface area (Å²) in [6.07, 6.45) is 2.59. The van der Waals surface area contributed by atoms with Gasteiger partial charge in [0.15, 0.2) is 0 Å². The molecule has 1 aromatic rings. The van der Waals surface area contributed by atoms with Crippen LogP contribution in [0.5, 0.6) is 0 Å². The molecule has 1 aromatic carbocycles. The van der Waals surface area contributed by atoms with E-state index in [2.05, 4.69) is 51.2 Å². The van der Waals surface area contributed by atoms with Gasteiger partial charge < -0.3 is 5.32 Å². The molecule has 0 amide bonds. The van der Waals surface area contributed by atoms with Crippen LogP contribution in [-0.2, 0) is 0 Å². The van der Waals surface area contributed by atoms with Crippen LogP contribution in [0, 0.1) is 25.7 Å². The van der Waals surface area contributed by atoms with Crippen molar-refractivity contribution in [2.24, 2.45) is 11.8 Å². The molecule has 0 radical (unpaired) electrons. The largest absolute Gasteiger partial charge is 0.310 e. The lowest BCUT2D eigenvalue weighted by Gasteiger charge is -2.21. The standard InChI is InChI=1S/C16H25N/c1-5-8-17-16(15-10-13(15)4)14-9-11(2)6-7-12(14)3/h6-7,9,13,15-17H,5,8,10H2,1-4H3. The maximum atomic E-state index is 3.75. The minimum atomic E-state index is 0.574. The first-order valence-corrected chi connectivity index (χ1v) is 6.94. The van der Waals surface area contributed by atoms with Crippen molar-refractivity contribution >= 4 is 0 Å². The molecule has 0 heterocycles. The zero-order chi connectivity index (χ0) is 12.4. The highest BCUT2D eigenvalue weighted by molar-refractivity contribution is 5.34. The molecular weight excluding hydrogens is 206 g/mol. The lowest BCUT2D eigenvalue weighted by atomic mass is 9.95. The molecule has 0 spiro atoms. The Bertz CT molecular complexity index is 383. The lowest BCUT2D eigenvalue weighted by molar-refractivity contribution is 0.461. The van der Waals surface area contributed by atoms with Gasteiger partial charge in [0.25, 0.3) is 0 Å². The van der Waals surface area contributed by atoms with Crippen LogP contribution in [0.2, 0.25) is 0 Å². The number of hydrogen-bond donors (Lipinski definition) is 1. The van der Waals surface area contributed by atoms with Crippen LogP contribution < -0.4 is 5.32 Å². The van der Waals surface area contributed by atoms with Gasteiger partial charge in [-0.05, 0) is 56.2 Å². The zero-order valence-corrected chi connectivity index (χ0v) is 11.6. The Morgan fingerprint density at radius 3 is 2.65 bits per heavy atom. The zero-order valence-electron chi connectivity index (χ0n) is 11.6. The predicted molar refractivity (Wildman–Crippen MR) is 74.2 cm³/mol. The van der Waals surface area contributed by atoms with Crippen molar-refractivity contribution in [1.29, 1.82) is 0 Å². The maximum absolute atomic E-state index is 3.75. The molecule has 0 saturated heterocycles. The van der Waals surface area contributed by atoms with E-state index in [1.165, 1.54) is 29.5 Å². The Hall–Kier alpha value is -0.820. The summed E-state index contributed by atoms with van der Waals surface area (Å²) in [5, 5.41) is 3.75. The summed E-state index contributed by atoms with van der Waals surface area (Å²) >= 11 is 0. The second-order valence-electron chi connectivity index (χ2n) is 5.67. The monoisotopic (exact) mass is 231 g/mol. The molecule has 0 aromatic heterocycles. The van der Waals surface area contributed by atoms with Crippen molar-refractivity contribution in [2.45, 2.75) is 46.6 Å². The quantitative estimate of drug-likeness (QED) is 0.807. The van der Waals surface area contributed by atoms with E-state index in [0.29, 0.717) is 6.04 Å². The van der Waals surface area contributed by atoms with Gasteiger partial charge in [-0.15, -0.1) is 0 Å². The van der Waals surface area contributed by atoms with E-state index in [1.807, 2.05) is 0 Å². The van der Waals surface area contributed by atoms with Crippen LogP contribution in [0.15, 0.2) is 18.2 Å². The van der Waals surface area contributed by atoms with Crippen molar-refractivity contribution in [3.05, 3.63) is 34.9 Å². The van der Waals surface area contributed by atoms with E-state index in [4.69, 9.17) is 0 Å². The molecule has 1 aliphatic carbocycles. The molecule has 3 atom stereocenters. The molecule has 17 heavy (non-hydrogen) atoms. The first kappa shape index (κ1) is 12.6. The average Bonchev–Trinajstić information content (AvgIpc) is 3.01. The van der Waals surface area contributed by atoms with Crippen LogP contribution in [-0.4, -0.2) is 6.54 Å². The highest BCUT2D eigenvalue weighted by Crippen LogP contribution is 2.47. The van der Waals surface area contributed by atoms with Crippen molar-refractivity contribution < 1.29 is 0 Å². The third-order valence-electron chi connectivity index (χ3n) is 3.98. The SMILES string of the molecule is CCCNC(c1cc(C)ccc1C)C1CC1C. The Morgan fingerprint density at radius 2 is 2.06 bits per heavy atom. The normalized spacial score (nSPS) is 24.7. The smallest absolute Gasteiger partial charge is 0.0354 e. The fourth-order valence-corrected chi connectivity index (χ4v) is 2.70. The second-order valence-corrected chi connectivity index (χ2v) is 5.67. The van der Waals surface area contributed by atoms with Gasteiger partial charge in [-0.25, -0.2) is 0 Å². The predicted octanol–water partition coefficient (Wildman–Crippen LogP) is 4.00. The summed E-state index contributed by atoms with van der Waals surface area (Å²) in [6.45, 7) is 10.2. The topological polar surface area (TPSA) is 12.0 Å². The number of benzene rings is 1. The molecular formula is C16H25N. The van der Waals surface area contributed by atoms with Crippen molar-refractivity contribution in [3.63, 3.8) is 0 Å². The van der Waals surface area contributed by atoms with Crippen molar-refractivity contribution in [1.82, 2.24) is 5.32 Å². The third-order valence-corrected chi connectivity index (χ3v) is 3.98. The van der Waals surface area contributed by atoms with Gasteiger partial charge in [-0.3, -0.25) is 0 Å². The summed E-state index contributed by atoms with van der Waals surface area (Å²) in [7, 11) is 0. The van der Waals surface area contributed by atoms with E-state index < -0.39 is 0 Å². The fourth-order valence-electron chi connectivity index (χ4n) is 2.70. The minimum Gasteiger partial charge on any atom is -0.310 e. The maximum Gasteiger partial charge on any atom is 0.0354 e. The molecule has 1 N–H and O–H groups in total. The number of hydrogen-bond acceptors (Lipinski definition) is 1. The summed E-state index contributed by atoms with van der Waals surface area (Å²) in [5.74, 6) is 1.74. The average molecular weight is 231 g/mol. The van der Waals surface area contributed by atoms with E-state index in [9.17, 15) is 0 Å². The van der Waals surface area contributed by atoms with Gasteiger partial charge in [0, 0.05) is 6.04 Å². The first-order valence-electron chi connectivity index (χ1n) is 6.94. The Balaban J connectivity index is 2.21. The highest BCUT2D eigenvalue weighted by atomic mass is 14.9. The Morgan fingerprint density at radius 1 is 1.35 bits per heavy atom. The van der Waals surface area contributed by atoms with Gasteiger partial charge in [-0.1, -0.05) is 37.6 Å². The van der Waals surface area contributed by atoms with E-state index in [-0.39, 0.29) is 0 Å². The molecule has 2 rings (SSSR count). The van der Waals surface area contributed by atoms with Gasteiger partial charge >= 0.3 is 0 Å². The van der Waals surface area contributed by atoms with E-state index in [1.54, 1.807) is 0 Å². The molecule has 94 valence electrons. The Labute approximate surface area is 106 Å². The van der Waals surface area contributed by atoms with Crippen LogP contribution in [0.4, 0.5) is 0 Å². The molecule has 3 unspecified atom stereocenters. The van der Waals surface area contributed by atoms with Crippen LogP contribution in [0.1, 0.15) is 49.4 Å². The van der Waals surface area contributed by atoms with Crippen LogP contribution in [0.25, 0.3) is 0 Å². The van der Waals surface area contributed by atoms with Crippen LogP contribution >= 0.6 is 0 Å². The fraction of sp³-hybridized carbons (Fsp3) is 0.625. The summed E-state index contributed by atoms with van der Waals surface area (Å²) in [4.78, 5) is 0. The molecule has 1 aliphatic rings. The minimum absolute atomic E-state index is 0.574. The molecule has 0 bridgehead atoms. The van der Waals surface area contributed by atoms with Crippen molar-refractivity contribution in [3.8, 4) is 0 Å². The lowest BCUT2D eigenvalue weighted by Crippen LogP contribution is -2.25. The summed E-state index contributed by atoms with van der Waals surface area (Å²) in [6, 6.07) is 7.42. The Kier molecular flexibility index (Phi) is 3.88. The van der Waals surface area contributed by atoms with Crippen LogP contribution in [0.3, 0.4) is 0 Å². The number of rotatable bonds is 5. The molecule has 1 saturated carbocycles. The van der Waals surface area contributed by atoms with Gasteiger partial charge in [-0.2, -0.15) is 0 Å². The van der Waals surface area contributed by atoms with E-state index >= 15 is 0 Å². The third kappa shape index (κ3) is 2.90. The molecule has 1 heteroatoms. The van der Waals surface area contributed by atoms with Gasteiger partial charge in [0.1, 0.15) is 0 Å². The first-order chi connectivity index (χ1) is 8.13. The van der Waals surface area contributed by atoms with Crippen molar-refractivity contribution in [2.75, 3.05) is 6.54 Å². The number of aryl methyl sites for hydroxylation is 2. The van der Waals surface area contributed by atoms with Gasteiger partial charge in [0.2, 0.25) is 0 Å². The van der Waals surface area contributed by atoms with Gasteiger partial charge in [0.05, 0.1) is 0 Å².